The van der Waals surface area contributed by atoms with Crippen LogP contribution in [-0.4, -0.2) is 19.3 Å². The Morgan fingerprint density at radius 3 is 2.45 bits per heavy atom. The molecular formula is C16H22N2O2S2. The van der Waals surface area contributed by atoms with Gasteiger partial charge in [-0.15, -0.1) is 0 Å². The first-order chi connectivity index (χ1) is 10.5. The van der Waals surface area contributed by atoms with Crippen LogP contribution in [0.1, 0.15) is 25.0 Å². The van der Waals surface area contributed by atoms with Crippen molar-refractivity contribution in [3.8, 4) is 0 Å². The summed E-state index contributed by atoms with van der Waals surface area (Å²) in [6, 6.07) is 11.5. The zero-order valence-corrected chi connectivity index (χ0v) is 14.5. The van der Waals surface area contributed by atoms with E-state index in [0.29, 0.717) is 19.6 Å². The van der Waals surface area contributed by atoms with Crippen molar-refractivity contribution in [1.82, 2.24) is 9.03 Å². The molecule has 1 aromatic carbocycles. The van der Waals surface area contributed by atoms with Crippen LogP contribution in [0.3, 0.4) is 0 Å². The highest BCUT2D eigenvalue weighted by molar-refractivity contribution is 7.87. The van der Waals surface area contributed by atoms with Gasteiger partial charge in [0.25, 0.3) is 10.2 Å². The number of thiophene rings is 1. The molecule has 6 heteroatoms. The smallest absolute Gasteiger partial charge is 0.198 e. The van der Waals surface area contributed by atoms with Gasteiger partial charge in [0.15, 0.2) is 0 Å². The molecule has 0 atom stereocenters. The van der Waals surface area contributed by atoms with Gasteiger partial charge in [-0.1, -0.05) is 44.2 Å². The molecule has 1 heterocycles. The number of benzene rings is 1. The lowest BCUT2D eigenvalue weighted by atomic mass is 10.2. The van der Waals surface area contributed by atoms with Gasteiger partial charge in [0.05, 0.1) is 0 Å². The molecule has 0 aliphatic carbocycles. The van der Waals surface area contributed by atoms with Gasteiger partial charge in [-0.2, -0.15) is 28.8 Å². The van der Waals surface area contributed by atoms with E-state index >= 15 is 0 Å². The predicted molar refractivity (Wildman–Crippen MR) is 91.8 cm³/mol. The maximum Gasteiger partial charge on any atom is 0.280 e. The maximum atomic E-state index is 12.6. The van der Waals surface area contributed by atoms with Gasteiger partial charge in [-0.05, 0) is 33.9 Å². The lowest BCUT2D eigenvalue weighted by Crippen LogP contribution is -2.41. The number of hydrogen-bond donors (Lipinski definition) is 1. The number of rotatable bonds is 8. The Kier molecular flexibility index (Phi) is 6.14. The van der Waals surface area contributed by atoms with Gasteiger partial charge >= 0.3 is 0 Å². The van der Waals surface area contributed by atoms with Crippen molar-refractivity contribution in [2.24, 2.45) is 5.92 Å². The second kappa shape index (κ2) is 7.87. The third kappa shape index (κ3) is 5.21. The average Bonchev–Trinajstić information content (AvgIpc) is 2.98. The van der Waals surface area contributed by atoms with Crippen molar-refractivity contribution < 1.29 is 8.42 Å². The summed E-state index contributed by atoms with van der Waals surface area (Å²) in [5.41, 5.74) is 1.97. The topological polar surface area (TPSA) is 49.4 Å². The quantitative estimate of drug-likeness (QED) is 0.803. The van der Waals surface area contributed by atoms with E-state index in [-0.39, 0.29) is 5.92 Å². The largest absolute Gasteiger partial charge is 0.280 e. The molecule has 120 valence electrons. The Labute approximate surface area is 137 Å². The van der Waals surface area contributed by atoms with Crippen molar-refractivity contribution >= 4 is 21.5 Å². The minimum atomic E-state index is -3.50. The molecule has 0 aliphatic rings. The Morgan fingerprint density at radius 1 is 1.14 bits per heavy atom. The third-order valence-corrected chi connectivity index (χ3v) is 5.35. The summed E-state index contributed by atoms with van der Waals surface area (Å²) in [5, 5.41) is 3.95. The monoisotopic (exact) mass is 338 g/mol. The van der Waals surface area contributed by atoms with Crippen molar-refractivity contribution in [2.45, 2.75) is 26.9 Å². The Hall–Kier alpha value is -1.21. The molecule has 4 nitrogen and oxygen atoms in total. The molecule has 2 aromatic rings. The van der Waals surface area contributed by atoms with Gasteiger partial charge in [0.1, 0.15) is 0 Å². The minimum Gasteiger partial charge on any atom is -0.198 e. The molecule has 0 fully saturated rings. The first-order valence-electron chi connectivity index (χ1n) is 7.27. The zero-order chi connectivity index (χ0) is 16.0. The maximum absolute atomic E-state index is 12.6. The van der Waals surface area contributed by atoms with Crippen LogP contribution in [0.2, 0.25) is 0 Å². The average molecular weight is 338 g/mol. The van der Waals surface area contributed by atoms with Crippen LogP contribution in [0.4, 0.5) is 0 Å². The number of nitrogens with one attached hydrogen (secondary N) is 1. The SMILES string of the molecule is CC(C)CN(Cc1ccsc1)S(=O)(=O)NCc1ccccc1. The molecule has 0 aliphatic heterocycles. The van der Waals surface area contributed by atoms with Crippen LogP contribution in [0.15, 0.2) is 47.2 Å². The van der Waals surface area contributed by atoms with Crippen molar-refractivity contribution in [3.05, 3.63) is 58.3 Å². The first kappa shape index (κ1) is 17.1. The highest BCUT2D eigenvalue weighted by atomic mass is 32.2. The van der Waals surface area contributed by atoms with E-state index in [1.165, 1.54) is 4.31 Å². The summed E-state index contributed by atoms with van der Waals surface area (Å²) in [5.74, 6) is 0.270. The number of hydrogen-bond acceptors (Lipinski definition) is 3. The molecule has 0 bridgehead atoms. The second-order valence-corrected chi connectivity index (χ2v) is 8.16. The van der Waals surface area contributed by atoms with E-state index < -0.39 is 10.2 Å². The van der Waals surface area contributed by atoms with Crippen LogP contribution in [0.5, 0.6) is 0 Å². The van der Waals surface area contributed by atoms with Crippen LogP contribution in [-0.2, 0) is 23.3 Å². The first-order valence-corrected chi connectivity index (χ1v) is 9.65. The summed E-state index contributed by atoms with van der Waals surface area (Å²) in [4.78, 5) is 0. The lowest BCUT2D eigenvalue weighted by Gasteiger charge is -2.24. The summed E-state index contributed by atoms with van der Waals surface area (Å²) in [7, 11) is -3.50. The molecule has 0 saturated carbocycles. The van der Waals surface area contributed by atoms with Crippen molar-refractivity contribution in [3.63, 3.8) is 0 Å². The fraction of sp³-hybridized carbons (Fsp3) is 0.375. The zero-order valence-electron chi connectivity index (χ0n) is 12.9. The molecule has 2 rings (SSSR count). The van der Waals surface area contributed by atoms with Gasteiger partial charge < -0.3 is 0 Å². The van der Waals surface area contributed by atoms with Gasteiger partial charge in [-0.25, -0.2) is 0 Å². The van der Waals surface area contributed by atoms with E-state index in [1.54, 1.807) is 11.3 Å². The fourth-order valence-corrected chi connectivity index (χ4v) is 4.11. The van der Waals surface area contributed by atoms with Crippen LogP contribution in [0.25, 0.3) is 0 Å². The molecule has 0 amide bonds. The summed E-state index contributed by atoms with van der Waals surface area (Å²) < 4.78 is 29.4. The van der Waals surface area contributed by atoms with E-state index in [4.69, 9.17) is 0 Å². The number of nitrogens with zero attached hydrogens (tertiary/aromatic N) is 1. The predicted octanol–water partition coefficient (Wildman–Crippen LogP) is 3.24. The Balaban J connectivity index is 2.07. The van der Waals surface area contributed by atoms with E-state index in [2.05, 4.69) is 4.72 Å². The van der Waals surface area contributed by atoms with Crippen LogP contribution in [0, 0.1) is 5.92 Å². The normalized spacial score (nSPS) is 12.2. The molecule has 0 unspecified atom stereocenters. The summed E-state index contributed by atoms with van der Waals surface area (Å²) >= 11 is 1.58. The van der Waals surface area contributed by atoms with Crippen molar-refractivity contribution in [1.29, 1.82) is 0 Å². The van der Waals surface area contributed by atoms with Gasteiger partial charge in [0.2, 0.25) is 0 Å². The van der Waals surface area contributed by atoms with Crippen LogP contribution < -0.4 is 4.72 Å². The van der Waals surface area contributed by atoms with Crippen LogP contribution >= 0.6 is 11.3 Å². The molecule has 0 radical (unpaired) electrons. The minimum absolute atomic E-state index is 0.270. The fourth-order valence-electron chi connectivity index (χ4n) is 2.10. The molecule has 1 aromatic heterocycles. The third-order valence-electron chi connectivity index (χ3n) is 3.15. The van der Waals surface area contributed by atoms with E-state index in [0.717, 1.165) is 11.1 Å². The van der Waals surface area contributed by atoms with E-state index in [9.17, 15) is 8.42 Å². The molecule has 0 spiro atoms. The Bertz CT molecular complexity index is 653. The lowest BCUT2D eigenvalue weighted by molar-refractivity contribution is 0.356. The molecular weight excluding hydrogens is 316 g/mol. The second-order valence-electron chi connectivity index (χ2n) is 5.63. The summed E-state index contributed by atoms with van der Waals surface area (Å²) in [6.45, 7) is 5.26. The highest BCUT2D eigenvalue weighted by Crippen LogP contribution is 2.14. The van der Waals surface area contributed by atoms with E-state index in [1.807, 2.05) is 61.0 Å². The molecule has 22 heavy (non-hydrogen) atoms. The standard InChI is InChI=1S/C16H22N2O2S2/c1-14(2)11-18(12-16-8-9-21-13-16)22(19,20)17-10-15-6-4-3-5-7-15/h3-9,13-14,17H,10-12H2,1-2H3. The van der Waals surface area contributed by atoms with Crippen molar-refractivity contribution in [2.75, 3.05) is 6.54 Å². The molecule has 0 saturated heterocycles. The Morgan fingerprint density at radius 2 is 1.86 bits per heavy atom. The van der Waals surface area contributed by atoms with Gasteiger partial charge in [0, 0.05) is 19.6 Å². The highest BCUT2D eigenvalue weighted by Gasteiger charge is 2.22. The summed E-state index contributed by atoms with van der Waals surface area (Å²) in [6.07, 6.45) is 0. The molecule has 1 N–H and O–H groups in total. The van der Waals surface area contributed by atoms with Gasteiger partial charge in [-0.3, -0.25) is 0 Å².